The molecule has 2 aromatic carbocycles. The average molecular weight is 456 g/mol. The fourth-order valence-electron chi connectivity index (χ4n) is 4.07. The molecule has 9 heteroatoms. The zero-order valence-electron chi connectivity index (χ0n) is 18.3. The van der Waals surface area contributed by atoms with Gasteiger partial charge in [0, 0.05) is 51.2 Å². The fourth-order valence-corrected chi connectivity index (χ4v) is 4.76. The van der Waals surface area contributed by atoms with Gasteiger partial charge < -0.3 is 14.8 Å². The molecule has 0 bridgehead atoms. The highest BCUT2D eigenvalue weighted by Crippen LogP contribution is 2.18. The Morgan fingerprint density at radius 1 is 1.00 bits per heavy atom. The van der Waals surface area contributed by atoms with Crippen molar-refractivity contribution in [3.63, 3.8) is 0 Å². The number of anilines is 1. The third kappa shape index (κ3) is 5.66. The van der Waals surface area contributed by atoms with Crippen molar-refractivity contribution in [3.8, 4) is 0 Å². The van der Waals surface area contributed by atoms with E-state index in [4.69, 9.17) is 0 Å². The Labute approximate surface area is 188 Å². The number of carbonyl (C=O) groups excluding carboxylic acids is 1. The molecule has 1 aliphatic heterocycles. The van der Waals surface area contributed by atoms with Crippen molar-refractivity contribution in [3.05, 3.63) is 60.4 Å². The van der Waals surface area contributed by atoms with Gasteiger partial charge in [-0.3, -0.25) is 9.69 Å². The van der Waals surface area contributed by atoms with Gasteiger partial charge in [0.15, 0.2) is 9.84 Å². The SMILES string of the molecule is CS(=O)(=O)Cc1nc2ccccc2n1CC(=O)NCCN1CCN(c2ccccc2)CC1. The minimum Gasteiger partial charge on any atom is -0.369 e. The summed E-state index contributed by atoms with van der Waals surface area (Å²) in [7, 11) is -3.26. The quantitative estimate of drug-likeness (QED) is 0.554. The van der Waals surface area contributed by atoms with Crippen LogP contribution in [0.1, 0.15) is 5.82 Å². The Morgan fingerprint density at radius 2 is 1.69 bits per heavy atom. The summed E-state index contributed by atoms with van der Waals surface area (Å²) in [6.45, 7) is 5.23. The average Bonchev–Trinajstić information content (AvgIpc) is 3.10. The van der Waals surface area contributed by atoms with Gasteiger partial charge in [0.2, 0.25) is 5.91 Å². The standard InChI is InChI=1S/C23H29N5O3S/c1-32(30,31)18-22-25-20-9-5-6-10-21(20)28(22)17-23(29)24-11-12-26-13-15-27(16-14-26)19-7-3-2-4-8-19/h2-10H,11-18H2,1H3,(H,24,29). The Kier molecular flexibility index (Phi) is 6.76. The maximum absolute atomic E-state index is 12.6. The molecule has 0 saturated carbocycles. The number of para-hydroxylation sites is 3. The van der Waals surface area contributed by atoms with E-state index in [1.807, 2.05) is 30.3 Å². The van der Waals surface area contributed by atoms with Crippen LogP contribution in [0.25, 0.3) is 11.0 Å². The van der Waals surface area contributed by atoms with E-state index in [0.717, 1.165) is 38.2 Å². The number of nitrogens with zero attached hydrogens (tertiary/aromatic N) is 4. The Balaban J connectivity index is 1.29. The molecule has 1 saturated heterocycles. The molecule has 1 N–H and O–H groups in total. The van der Waals surface area contributed by atoms with Gasteiger partial charge in [0.1, 0.15) is 18.1 Å². The third-order valence-corrected chi connectivity index (χ3v) is 6.45. The monoisotopic (exact) mass is 455 g/mol. The maximum atomic E-state index is 12.6. The molecule has 1 amide bonds. The molecule has 170 valence electrons. The molecular formula is C23H29N5O3S. The molecule has 1 aliphatic rings. The van der Waals surface area contributed by atoms with Gasteiger partial charge >= 0.3 is 0 Å². The van der Waals surface area contributed by atoms with E-state index in [-0.39, 0.29) is 18.2 Å². The number of aromatic nitrogens is 2. The minimum atomic E-state index is -3.26. The first-order valence-corrected chi connectivity index (χ1v) is 12.9. The topological polar surface area (TPSA) is 87.5 Å². The second-order valence-corrected chi connectivity index (χ2v) is 10.3. The minimum absolute atomic E-state index is 0.0488. The normalized spacial score (nSPS) is 15.2. The highest BCUT2D eigenvalue weighted by Gasteiger charge is 2.19. The zero-order valence-corrected chi connectivity index (χ0v) is 19.1. The molecule has 0 unspecified atom stereocenters. The number of amides is 1. The number of hydrogen-bond acceptors (Lipinski definition) is 6. The van der Waals surface area contributed by atoms with E-state index >= 15 is 0 Å². The number of rotatable bonds is 8. The van der Waals surface area contributed by atoms with Crippen molar-refractivity contribution >= 4 is 32.5 Å². The van der Waals surface area contributed by atoms with Crippen LogP contribution in [0.3, 0.4) is 0 Å². The number of benzene rings is 2. The largest absolute Gasteiger partial charge is 0.369 e. The third-order valence-electron chi connectivity index (χ3n) is 5.67. The van der Waals surface area contributed by atoms with Crippen molar-refractivity contribution < 1.29 is 13.2 Å². The summed E-state index contributed by atoms with van der Waals surface area (Å²) < 4.78 is 25.3. The molecule has 8 nitrogen and oxygen atoms in total. The first-order valence-electron chi connectivity index (χ1n) is 10.8. The first kappa shape index (κ1) is 22.3. The summed E-state index contributed by atoms with van der Waals surface area (Å²) >= 11 is 0. The number of nitrogens with one attached hydrogen (secondary N) is 1. The Bertz CT molecular complexity index is 1170. The number of sulfone groups is 1. The summed E-state index contributed by atoms with van der Waals surface area (Å²) in [5, 5.41) is 2.97. The Morgan fingerprint density at radius 3 is 2.41 bits per heavy atom. The first-order chi connectivity index (χ1) is 15.4. The number of piperazine rings is 1. The van der Waals surface area contributed by atoms with Crippen molar-refractivity contribution in [2.75, 3.05) is 50.4 Å². The van der Waals surface area contributed by atoms with E-state index < -0.39 is 9.84 Å². The molecule has 0 radical (unpaired) electrons. The molecular weight excluding hydrogens is 426 g/mol. The van der Waals surface area contributed by atoms with Gasteiger partial charge in [-0.05, 0) is 24.3 Å². The zero-order chi connectivity index (χ0) is 22.6. The van der Waals surface area contributed by atoms with Gasteiger partial charge in [-0.2, -0.15) is 0 Å². The highest BCUT2D eigenvalue weighted by atomic mass is 32.2. The summed E-state index contributed by atoms with van der Waals surface area (Å²) in [6, 6.07) is 17.8. The van der Waals surface area contributed by atoms with Crippen molar-refractivity contribution in [2.24, 2.45) is 0 Å². The second-order valence-electron chi connectivity index (χ2n) is 8.19. The van der Waals surface area contributed by atoms with Crippen LogP contribution >= 0.6 is 0 Å². The van der Waals surface area contributed by atoms with Crippen molar-refractivity contribution in [1.29, 1.82) is 0 Å². The van der Waals surface area contributed by atoms with E-state index in [1.165, 1.54) is 11.9 Å². The molecule has 3 aromatic rings. The molecule has 0 atom stereocenters. The summed E-state index contributed by atoms with van der Waals surface area (Å²) in [4.78, 5) is 21.8. The highest BCUT2D eigenvalue weighted by molar-refractivity contribution is 7.89. The predicted octanol–water partition coefficient (Wildman–Crippen LogP) is 1.52. The van der Waals surface area contributed by atoms with Crippen LogP contribution < -0.4 is 10.2 Å². The van der Waals surface area contributed by atoms with E-state index in [9.17, 15) is 13.2 Å². The Hall–Kier alpha value is -2.91. The number of carbonyl (C=O) groups is 1. The number of imidazole rings is 1. The number of hydrogen-bond donors (Lipinski definition) is 1. The van der Waals surface area contributed by atoms with Crippen LogP contribution in [0.4, 0.5) is 5.69 Å². The van der Waals surface area contributed by atoms with E-state index in [2.05, 4.69) is 44.4 Å². The lowest BCUT2D eigenvalue weighted by Gasteiger charge is -2.36. The van der Waals surface area contributed by atoms with Crippen LogP contribution in [0.5, 0.6) is 0 Å². The fraction of sp³-hybridized carbons (Fsp3) is 0.391. The smallest absolute Gasteiger partial charge is 0.240 e. The lowest BCUT2D eigenvalue weighted by molar-refractivity contribution is -0.121. The summed E-state index contributed by atoms with van der Waals surface area (Å²) in [5.74, 6) is 0.0485. The van der Waals surface area contributed by atoms with Gasteiger partial charge in [0.25, 0.3) is 0 Å². The predicted molar refractivity (Wildman–Crippen MR) is 126 cm³/mol. The van der Waals surface area contributed by atoms with Crippen LogP contribution in [0, 0.1) is 0 Å². The van der Waals surface area contributed by atoms with Gasteiger partial charge in [0.05, 0.1) is 11.0 Å². The van der Waals surface area contributed by atoms with Crippen molar-refractivity contribution in [2.45, 2.75) is 12.3 Å². The molecule has 0 spiro atoms. The van der Waals surface area contributed by atoms with Gasteiger partial charge in [-0.1, -0.05) is 30.3 Å². The molecule has 0 aliphatic carbocycles. The van der Waals surface area contributed by atoms with E-state index in [0.29, 0.717) is 17.9 Å². The van der Waals surface area contributed by atoms with Crippen LogP contribution in [0.2, 0.25) is 0 Å². The lowest BCUT2D eigenvalue weighted by Crippen LogP contribution is -2.48. The summed E-state index contributed by atoms with van der Waals surface area (Å²) in [6.07, 6.45) is 1.17. The summed E-state index contributed by atoms with van der Waals surface area (Å²) in [5.41, 5.74) is 2.70. The molecule has 32 heavy (non-hydrogen) atoms. The second kappa shape index (κ2) is 9.70. The molecule has 4 rings (SSSR count). The molecule has 2 heterocycles. The van der Waals surface area contributed by atoms with Crippen molar-refractivity contribution in [1.82, 2.24) is 19.8 Å². The van der Waals surface area contributed by atoms with E-state index in [1.54, 1.807) is 4.57 Å². The lowest BCUT2D eigenvalue weighted by atomic mass is 10.2. The van der Waals surface area contributed by atoms with Crippen LogP contribution in [0.15, 0.2) is 54.6 Å². The van der Waals surface area contributed by atoms with Gasteiger partial charge in [-0.25, -0.2) is 13.4 Å². The molecule has 1 aromatic heterocycles. The van der Waals surface area contributed by atoms with Crippen LogP contribution in [-0.4, -0.2) is 74.3 Å². The van der Waals surface area contributed by atoms with Gasteiger partial charge in [-0.15, -0.1) is 0 Å². The molecule has 1 fully saturated rings. The number of fused-ring (bicyclic) bond motifs is 1. The maximum Gasteiger partial charge on any atom is 0.240 e. The van der Waals surface area contributed by atoms with Crippen LogP contribution in [-0.2, 0) is 26.9 Å².